The molecule has 2 aromatic carbocycles. The van der Waals surface area contributed by atoms with E-state index in [1.54, 1.807) is 0 Å². The van der Waals surface area contributed by atoms with Crippen LogP contribution in [0.2, 0.25) is 5.15 Å². The number of aryl methyl sites for hydroxylation is 1. The van der Waals surface area contributed by atoms with Gasteiger partial charge in [0.2, 0.25) is 11.6 Å². The number of halogens is 1. The summed E-state index contributed by atoms with van der Waals surface area (Å²) >= 11 is 6.50. The van der Waals surface area contributed by atoms with Crippen molar-refractivity contribution in [1.82, 2.24) is 30.2 Å². The molecule has 0 saturated heterocycles. The molecule has 0 saturated carbocycles. The summed E-state index contributed by atoms with van der Waals surface area (Å²) < 4.78 is 2.53. The number of ketones is 1. The molecule has 0 aliphatic rings. The lowest BCUT2D eigenvalue weighted by Gasteiger charge is -2.13. The average molecular weight is 514 g/mol. The van der Waals surface area contributed by atoms with Gasteiger partial charge in [-0.25, -0.2) is 4.98 Å². The van der Waals surface area contributed by atoms with Gasteiger partial charge in [-0.05, 0) is 28.3 Å². The lowest BCUT2D eigenvalue weighted by molar-refractivity contribution is -0.605. The van der Waals surface area contributed by atoms with Crippen LogP contribution in [0, 0.1) is 5.21 Å². The van der Waals surface area contributed by atoms with Crippen LogP contribution in [0.3, 0.4) is 0 Å². The van der Waals surface area contributed by atoms with Gasteiger partial charge < -0.3 is 9.77 Å². The molecule has 0 amide bonds. The number of unbranched alkanes of at least 4 members (excludes halogenated alkanes) is 1. The molecule has 0 fully saturated rings. The van der Waals surface area contributed by atoms with Crippen LogP contribution in [-0.4, -0.2) is 36.0 Å². The summed E-state index contributed by atoms with van der Waals surface area (Å²) in [7, 11) is 0. The number of carbonyl (C=O) groups excluding carboxylic acids is 1. The normalized spacial score (nSPS) is 11.1. The third-order valence-corrected chi connectivity index (χ3v) is 6.42. The van der Waals surface area contributed by atoms with E-state index in [9.17, 15) is 10.0 Å². The summed E-state index contributed by atoms with van der Waals surface area (Å²) in [5, 5.41) is 26.0. The Hall–Kier alpha value is -4.37. The second-order valence-electron chi connectivity index (χ2n) is 8.61. The largest absolute Gasteiger partial charge is 0.619 e. The van der Waals surface area contributed by atoms with Crippen molar-refractivity contribution in [3.8, 4) is 22.5 Å². The highest BCUT2D eigenvalue weighted by Gasteiger charge is 2.24. The average Bonchev–Trinajstić information content (AvgIpc) is 3.56. The van der Waals surface area contributed by atoms with Gasteiger partial charge in [-0.1, -0.05) is 73.5 Å². The molecule has 0 unspecified atom stereocenters. The van der Waals surface area contributed by atoms with E-state index < -0.39 is 0 Å². The fourth-order valence-electron chi connectivity index (χ4n) is 4.26. The molecule has 1 N–H and O–H groups in total. The molecule has 5 aromatic rings. The van der Waals surface area contributed by atoms with E-state index in [1.807, 2.05) is 53.1 Å². The highest BCUT2D eigenvalue weighted by molar-refractivity contribution is 6.33. The number of aromatic nitrogens is 7. The number of aromatic amines is 1. The highest BCUT2D eigenvalue weighted by Crippen LogP contribution is 2.30. The van der Waals surface area contributed by atoms with Gasteiger partial charge in [-0.15, -0.1) is 10.2 Å². The summed E-state index contributed by atoms with van der Waals surface area (Å²) in [5.41, 5.74) is 4.56. The van der Waals surface area contributed by atoms with Crippen molar-refractivity contribution in [3.63, 3.8) is 0 Å². The van der Waals surface area contributed by atoms with Gasteiger partial charge in [0.05, 0.1) is 0 Å². The van der Waals surface area contributed by atoms with E-state index in [0.29, 0.717) is 34.8 Å². The van der Waals surface area contributed by atoms with E-state index in [-0.39, 0.29) is 10.9 Å². The minimum atomic E-state index is -0.272. The van der Waals surface area contributed by atoms with Crippen molar-refractivity contribution in [2.24, 2.45) is 0 Å². The Balaban J connectivity index is 1.48. The zero-order valence-corrected chi connectivity index (χ0v) is 20.9. The first-order chi connectivity index (χ1) is 18.0. The lowest BCUT2D eigenvalue weighted by Crippen LogP contribution is -2.24. The Morgan fingerprint density at radius 1 is 1.05 bits per heavy atom. The van der Waals surface area contributed by atoms with Crippen molar-refractivity contribution >= 4 is 17.4 Å². The molecule has 0 aliphatic carbocycles. The Labute approximate surface area is 218 Å². The van der Waals surface area contributed by atoms with Crippen molar-refractivity contribution < 1.29 is 9.52 Å². The molecule has 0 radical (unpaired) electrons. The van der Waals surface area contributed by atoms with Crippen LogP contribution in [-0.2, 0) is 13.0 Å². The molecule has 10 heteroatoms. The van der Waals surface area contributed by atoms with E-state index in [1.165, 1.54) is 24.5 Å². The van der Waals surface area contributed by atoms with Crippen LogP contribution in [0.25, 0.3) is 22.5 Å². The molecule has 3 heterocycles. The van der Waals surface area contributed by atoms with Gasteiger partial charge >= 0.3 is 0 Å². The quantitative estimate of drug-likeness (QED) is 0.174. The Bertz CT molecular complexity index is 1510. The molecule has 3 aromatic heterocycles. The maximum Gasteiger partial charge on any atom is 0.213 e. The van der Waals surface area contributed by atoms with Gasteiger partial charge in [0, 0.05) is 36.2 Å². The van der Waals surface area contributed by atoms with Crippen molar-refractivity contribution in [2.45, 2.75) is 32.7 Å². The van der Waals surface area contributed by atoms with Crippen LogP contribution < -0.4 is 4.73 Å². The number of tetrazole rings is 1. The molecule has 5 rings (SSSR count). The number of imidazole rings is 1. The smallest absolute Gasteiger partial charge is 0.213 e. The van der Waals surface area contributed by atoms with Gasteiger partial charge in [-0.3, -0.25) is 4.79 Å². The predicted octanol–water partition coefficient (Wildman–Crippen LogP) is 4.64. The van der Waals surface area contributed by atoms with Gasteiger partial charge in [0.15, 0.2) is 17.5 Å². The molecule has 0 aliphatic heterocycles. The van der Waals surface area contributed by atoms with Gasteiger partial charge in [-0.2, -0.15) is 9.94 Å². The van der Waals surface area contributed by atoms with E-state index in [2.05, 4.69) is 32.5 Å². The first-order valence-corrected chi connectivity index (χ1v) is 12.3. The summed E-state index contributed by atoms with van der Waals surface area (Å²) in [6, 6.07) is 19.0. The zero-order chi connectivity index (χ0) is 25.8. The number of hydrogen-bond acceptors (Lipinski definition) is 6. The summed E-state index contributed by atoms with van der Waals surface area (Å²) in [6.07, 6.45) is 5.21. The zero-order valence-electron chi connectivity index (χ0n) is 20.1. The summed E-state index contributed by atoms with van der Waals surface area (Å²) in [6.45, 7) is 2.54. The first-order valence-electron chi connectivity index (χ1n) is 12.0. The molecule has 0 atom stereocenters. The highest BCUT2D eigenvalue weighted by atomic mass is 35.5. The van der Waals surface area contributed by atoms with E-state index in [0.717, 1.165) is 40.9 Å². The topological polar surface area (TPSA) is 116 Å². The molecular weight excluding hydrogens is 490 g/mol. The monoisotopic (exact) mass is 513 g/mol. The van der Waals surface area contributed by atoms with Crippen LogP contribution in [0.4, 0.5) is 0 Å². The Kier molecular flexibility index (Phi) is 7.04. The number of hydrogen-bond donors (Lipinski definition) is 1. The molecule has 0 spiro atoms. The molecular formula is C27H24ClN7O2. The number of nitrogens with zero attached hydrogens (tertiary/aromatic N) is 6. The summed E-state index contributed by atoms with van der Waals surface area (Å²) in [4.78, 5) is 17.9. The number of pyridine rings is 1. The second kappa shape index (κ2) is 10.7. The van der Waals surface area contributed by atoms with Gasteiger partial charge in [0.1, 0.15) is 11.5 Å². The van der Waals surface area contributed by atoms with Crippen LogP contribution in [0.15, 0.2) is 73.1 Å². The number of benzene rings is 2. The SMILES string of the molecule is CCCCc1nc(Cl)c(C(=O)c2cc[n+]([O-])cc2)n1Cc1ccc(-c2ccccc2-c2nn[nH]n2)cc1. The third kappa shape index (κ3) is 5.12. The van der Waals surface area contributed by atoms with Crippen LogP contribution in [0.5, 0.6) is 0 Å². The first kappa shape index (κ1) is 24.3. The Morgan fingerprint density at radius 2 is 1.78 bits per heavy atom. The third-order valence-electron chi connectivity index (χ3n) is 6.16. The number of H-pyrrole nitrogens is 1. The fourth-order valence-corrected chi connectivity index (χ4v) is 4.54. The van der Waals surface area contributed by atoms with E-state index >= 15 is 0 Å². The van der Waals surface area contributed by atoms with Crippen molar-refractivity contribution in [2.75, 3.05) is 0 Å². The molecule has 186 valence electrons. The maximum atomic E-state index is 13.4. The van der Waals surface area contributed by atoms with Crippen molar-refractivity contribution in [1.29, 1.82) is 0 Å². The van der Waals surface area contributed by atoms with Crippen molar-refractivity contribution in [3.05, 3.63) is 106 Å². The van der Waals surface area contributed by atoms with Crippen LogP contribution in [0.1, 0.15) is 47.2 Å². The van der Waals surface area contributed by atoms with Crippen LogP contribution >= 0.6 is 11.6 Å². The maximum absolute atomic E-state index is 13.4. The lowest BCUT2D eigenvalue weighted by atomic mass is 9.98. The second-order valence-corrected chi connectivity index (χ2v) is 8.97. The molecule has 37 heavy (non-hydrogen) atoms. The van der Waals surface area contributed by atoms with E-state index in [4.69, 9.17) is 11.6 Å². The number of nitrogens with one attached hydrogen (secondary N) is 1. The predicted molar refractivity (Wildman–Crippen MR) is 139 cm³/mol. The molecule has 0 bridgehead atoms. The minimum Gasteiger partial charge on any atom is -0.619 e. The fraction of sp³-hybridized carbons (Fsp3) is 0.185. The minimum absolute atomic E-state index is 0.167. The molecule has 9 nitrogen and oxygen atoms in total. The summed E-state index contributed by atoms with van der Waals surface area (Å²) in [5.74, 6) is 1.02. The number of carbonyl (C=O) groups is 1. The van der Waals surface area contributed by atoms with Gasteiger partial charge in [0.25, 0.3) is 0 Å². The Morgan fingerprint density at radius 3 is 2.46 bits per heavy atom. The number of rotatable bonds is 9. The standard InChI is InChI=1S/C27H24ClN7O2/c1-2-3-8-23-29-26(28)24(25(36)20-13-15-34(37)16-14-20)35(23)17-18-9-11-19(12-10-18)21-6-4-5-7-22(21)27-30-32-33-31-27/h4-7,9-16H,2-3,8,17H2,1H3,(H,30,31,32,33).